The van der Waals surface area contributed by atoms with Crippen molar-refractivity contribution in [2.75, 3.05) is 19.5 Å². The Bertz CT molecular complexity index is 409. The minimum absolute atomic E-state index is 0.543. The van der Waals surface area contributed by atoms with Crippen molar-refractivity contribution in [1.82, 2.24) is 0 Å². The Morgan fingerprint density at radius 3 is 2.26 bits per heavy atom. The van der Waals surface area contributed by atoms with Gasteiger partial charge < -0.3 is 14.8 Å². The highest BCUT2D eigenvalue weighted by Crippen LogP contribution is 2.34. The average Bonchev–Trinajstić information content (AvgIpc) is 2.38. The second kappa shape index (κ2) is 6.18. The number of hydrogen-bond acceptors (Lipinski definition) is 3. The second-order valence-corrected chi connectivity index (χ2v) is 5.82. The first kappa shape index (κ1) is 14.0. The lowest BCUT2D eigenvalue weighted by atomic mass is 9.80. The molecule has 106 valence electrons. The fourth-order valence-corrected chi connectivity index (χ4v) is 3.20. The van der Waals surface area contributed by atoms with Gasteiger partial charge in [0.15, 0.2) is 0 Å². The fraction of sp³-hybridized carbons (Fsp3) is 0.625. The van der Waals surface area contributed by atoms with Gasteiger partial charge in [-0.15, -0.1) is 0 Å². The lowest BCUT2D eigenvalue weighted by molar-refractivity contribution is 0.280. The summed E-state index contributed by atoms with van der Waals surface area (Å²) in [6.07, 6.45) is 3.82. The van der Waals surface area contributed by atoms with Crippen LogP contribution in [0.2, 0.25) is 0 Å². The van der Waals surface area contributed by atoms with Gasteiger partial charge in [0.1, 0.15) is 11.5 Å². The molecular formula is C16H25NO2. The van der Waals surface area contributed by atoms with Gasteiger partial charge in [-0.05, 0) is 43.2 Å². The number of hydrogen-bond donors (Lipinski definition) is 1. The zero-order valence-corrected chi connectivity index (χ0v) is 12.4. The van der Waals surface area contributed by atoms with Crippen LogP contribution in [-0.4, -0.2) is 20.3 Å². The Labute approximate surface area is 116 Å². The predicted molar refractivity (Wildman–Crippen MR) is 79.1 cm³/mol. The molecule has 0 saturated heterocycles. The Morgan fingerprint density at radius 1 is 1.00 bits per heavy atom. The predicted octanol–water partition coefficient (Wildman–Crippen LogP) is 3.94. The number of rotatable bonds is 4. The maximum Gasteiger partial charge on any atom is 0.145 e. The van der Waals surface area contributed by atoms with E-state index in [2.05, 4.69) is 19.2 Å². The monoisotopic (exact) mass is 263 g/mol. The smallest absolute Gasteiger partial charge is 0.145 e. The number of nitrogens with one attached hydrogen (secondary N) is 1. The van der Waals surface area contributed by atoms with Crippen LogP contribution in [0.15, 0.2) is 18.2 Å². The summed E-state index contributed by atoms with van der Waals surface area (Å²) in [5, 5.41) is 3.63. The van der Waals surface area contributed by atoms with E-state index in [9.17, 15) is 0 Å². The van der Waals surface area contributed by atoms with E-state index in [1.807, 2.05) is 18.2 Å². The molecule has 1 saturated carbocycles. The van der Waals surface area contributed by atoms with Crippen molar-refractivity contribution < 1.29 is 9.47 Å². The lowest BCUT2D eigenvalue weighted by Gasteiger charge is -2.33. The number of ether oxygens (including phenoxy) is 2. The zero-order chi connectivity index (χ0) is 13.8. The molecule has 0 aliphatic heterocycles. The fourth-order valence-electron chi connectivity index (χ4n) is 3.20. The summed E-state index contributed by atoms with van der Waals surface area (Å²) in [4.78, 5) is 0. The molecular weight excluding hydrogens is 238 g/mol. The van der Waals surface area contributed by atoms with E-state index >= 15 is 0 Å². The highest BCUT2D eigenvalue weighted by molar-refractivity contribution is 5.59. The van der Waals surface area contributed by atoms with Gasteiger partial charge in [-0.3, -0.25) is 0 Å². The van der Waals surface area contributed by atoms with E-state index in [1.165, 1.54) is 19.3 Å². The molecule has 0 heterocycles. The van der Waals surface area contributed by atoms with Gasteiger partial charge in [-0.25, -0.2) is 0 Å². The second-order valence-electron chi connectivity index (χ2n) is 5.82. The van der Waals surface area contributed by atoms with Gasteiger partial charge in [0.2, 0.25) is 0 Å². The van der Waals surface area contributed by atoms with E-state index in [0.29, 0.717) is 6.04 Å². The molecule has 1 aromatic carbocycles. The topological polar surface area (TPSA) is 30.5 Å². The molecule has 3 nitrogen and oxygen atoms in total. The summed E-state index contributed by atoms with van der Waals surface area (Å²) < 4.78 is 10.7. The van der Waals surface area contributed by atoms with E-state index < -0.39 is 0 Å². The largest absolute Gasteiger partial charge is 0.497 e. The van der Waals surface area contributed by atoms with Gasteiger partial charge in [0, 0.05) is 12.1 Å². The van der Waals surface area contributed by atoms with Crippen LogP contribution >= 0.6 is 0 Å². The standard InChI is InChI=1S/C16H25NO2/c1-11-7-12(2)9-13(8-11)17-15-6-5-14(18-3)10-16(15)19-4/h5-6,10-13,17H,7-9H2,1-4H3. The van der Waals surface area contributed by atoms with Crippen molar-refractivity contribution in [2.45, 2.75) is 39.2 Å². The van der Waals surface area contributed by atoms with E-state index in [1.54, 1.807) is 14.2 Å². The van der Waals surface area contributed by atoms with Crippen LogP contribution in [-0.2, 0) is 0 Å². The Morgan fingerprint density at radius 2 is 1.68 bits per heavy atom. The van der Waals surface area contributed by atoms with Gasteiger partial charge in [-0.1, -0.05) is 13.8 Å². The molecule has 1 fully saturated rings. The van der Waals surface area contributed by atoms with Crippen molar-refractivity contribution >= 4 is 5.69 Å². The third-order valence-corrected chi connectivity index (χ3v) is 3.95. The van der Waals surface area contributed by atoms with Crippen LogP contribution in [0.25, 0.3) is 0 Å². The van der Waals surface area contributed by atoms with Gasteiger partial charge in [-0.2, -0.15) is 0 Å². The lowest BCUT2D eigenvalue weighted by Crippen LogP contribution is -2.30. The number of anilines is 1. The SMILES string of the molecule is COc1ccc(NC2CC(C)CC(C)C2)c(OC)c1. The minimum Gasteiger partial charge on any atom is -0.497 e. The van der Waals surface area contributed by atoms with Crippen LogP contribution < -0.4 is 14.8 Å². The Hall–Kier alpha value is -1.38. The van der Waals surface area contributed by atoms with Crippen molar-refractivity contribution in [3.63, 3.8) is 0 Å². The van der Waals surface area contributed by atoms with Crippen molar-refractivity contribution in [3.05, 3.63) is 18.2 Å². The van der Waals surface area contributed by atoms with Crippen molar-refractivity contribution in [2.24, 2.45) is 11.8 Å². The Balaban J connectivity index is 2.09. The zero-order valence-electron chi connectivity index (χ0n) is 12.4. The minimum atomic E-state index is 0.543. The van der Waals surface area contributed by atoms with E-state index in [-0.39, 0.29) is 0 Å². The van der Waals surface area contributed by atoms with Crippen LogP contribution in [0.1, 0.15) is 33.1 Å². The molecule has 0 radical (unpaired) electrons. The molecule has 19 heavy (non-hydrogen) atoms. The summed E-state index contributed by atoms with van der Waals surface area (Å²) in [5.41, 5.74) is 1.06. The first-order valence-electron chi connectivity index (χ1n) is 7.11. The summed E-state index contributed by atoms with van der Waals surface area (Å²) >= 11 is 0. The maximum atomic E-state index is 5.44. The molecule has 0 aromatic heterocycles. The Kier molecular flexibility index (Phi) is 4.56. The van der Waals surface area contributed by atoms with Crippen LogP contribution in [0.3, 0.4) is 0 Å². The molecule has 0 spiro atoms. The first-order chi connectivity index (χ1) is 9.12. The molecule has 2 rings (SSSR count). The molecule has 1 aliphatic carbocycles. The third-order valence-electron chi connectivity index (χ3n) is 3.95. The first-order valence-corrected chi connectivity index (χ1v) is 7.11. The van der Waals surface area contributed by atoms with Gasteiger partial charge in [0.05, 0.1) is 19.9 Å². The molecule has 1 N–H and O–H groups in total. The number of benzene rings is 1. The normalized spacial score (nSPS) is 26.8. The van der Waals surface area contributed by atoms with Crippen molar-refractivity contribution in [1.29, 1.82) is 0 Å². The summed E-state index contributed by atoms with van der Waals surface area (Å²) in [6.45, 7) is 4.69. The van der Waals surface area contributed by atoms with Crippen LogP contribution in [0, 0.1) is 11.8 Å². The van der Waals surface area contributed by atoms with Crippen LogP contribution in [0.5, 0.6) is 11.5 Å². The quantitative estimate of drug-likeness (QED) is 0.892. The van der Waals surface area contributed by atoms with Gasteiger partial charge >= 0.3 is 0 Å². The maximum absolute atomic E-state index is 5.44. The number of methoxy groups -OCH3 is 2. The summed E-state index contributed by atoms with van der Waals surface area (Å²) in [5.74, 6) is 3.27. The van der Waals surface area contributed by atoms with Crippen molar-refractivity contribution in [3.8, 4) is 11.5 Å². The summed E-state index contributed by atoms with van der Waals surface area (Å²) in [6, 6.07) is 6.49. The van der Waals surface area contributed by atoms with E-state index in [0.717, 1.165) is 29.0 Å². The third kappa shape index (κ3) is 3.55. The summed E-state index contributed by atoms with van der Waals surface area (Å²) in [7, 11) is 3.37. The molecule has 1 aliphatic rings. The molecule has 2 atom stereocenters. The molecule has 2 unspecified atom stereocenters. The van der Waals surface area contributed by atoms with E-state index in [4.69, 9.17) is 9.47 Å². The molecule has 0 amide bonds. The van der Waals surface area contributed by atoms with Gasteiger partial charge in [0.25, 0.3) is 0 Å². The highest BCUT2D eigenvalue weighted by Gasteiger charge is 2.24. The highest BCUT2D eigenvalue weighted by atomic mass is 16.5. The average molecular weight is 263 g/mol. The molecule has 3 heteroatoms. The molecule has 0 bridgehead atoms. The van der Waals surface area contributed by atoms with Crippen LogP contribution in [0.4, 0.5) is 5.69 Å². The molecule has 1 aromatic rings.